The summed E-state index contributed by atoms with van der Waals surface area (Å²) in [6.45, 7) is 4.15. The van der Waals surface area contributed by atoms with Gasteiger partial charge in [0.05, 0.1) is 13.2 Å². The van der Waals surface area contributed by atoms with Crippen LogP contribution < -0.4 is 0 Å². The molecular formula is C11H22O6. The van der Waals surface area contributed by atoms with E-state index in [2.05, 4.69) is 0 Å². The van der Waals surface area contributed by atoms with E-state index in [0.717, 1.165) is 0 Å². The van der Waals surface area contributed by atoms with Gasteiger partial charge >= 0.3 is 0 Å². The topological polar surface area (TPSA) is 110 Å². The lowest BCUT2D eigenvalue weighted by atomic mass is 9.62. The fourth-order valence-corrected chi connectivity index (χ4v) is 2.27. The third kappa shape index (κ3) is 1.63. The van der Waals surface area contributed by atoms with Crippen LogP contribution in [0.4, 0.5) is 0 Å². The molecule has 102 valence electrons. The summed E-state index contributed by atoms with van der Waals surface area (Å²) >= 11 is 0. The van der Waals surface area contributed by atoms with Crippen LogP contribution in [0.2, 0.25) is 0 Å². The molecule has 0 aliphatic carbocycles. The molecule has 1 fully saturated rings. The Bertz CT molecular complexity index is 298. The first kappa shape index (κ1) is 14.8. The molecule has 5 unspecified atom stereocenters. The number of aliphatic hydroxyl groups excluding tert-OH is 2. The summed E-state index contributed by atoms with van der Waals surface area (Å²) in [4.78, 5) is 0. The average molecular weight is 250 g/mol. The zero-order valence-electron chi connectivity index (χ0n) is 10.6. The van der Waals surface area contributed by atoms with Crippen LogP contribution in [-0.4, -0.2) is 67.3 Å². The lowest BCUT2D eigenvalue weighted by Crippen LogP contribution is -2.81. The molecule has 0 spiro atoms. The van der Waals surface area contributed by atoms with Gasteiger partial charge in [0.2, 0.25) is 0 Å². The van der Waals surface area contributed by atoms with Gasteiger partial charge in [0, 0.05) is 0 Å². The molecule has 5 N–H and O–H groups in total. The minimum absolute atomic E-state index is 0.533. The van der Waals surface area contributed by atoms with E-state index < -0.39 is 41.7 Å². The number of rotatable bonds is 2. The Kier molecular flexibility index (Phi) is 3.38. The molecule has 1 rings (SSSR count). The molecule has 17 heavy (non-hydrogen) atoms. The molecule has 6 heteroatoms. The van der Waals surface area contributed by atoms with Crippen LogP contribution >= 0.6 is 0 Å². The Morgan fingerprint density at radius 2 is 1.41 bits per heavy atom. The smallest absolute Gasteiger partial charge is 0.124 e. The van der Waals surface area contributed by atoms with Gasteiger partial charge in [-0.1, -0.05) is 0 Å². The van der Waals surface area contributed by atoms with E-state index in [4.69, 9.17) is 4.74 Å². The van der Waals surface area contributed by atoms with Gasteiger partial charge in [-0.2, -0.15) is 0 Å². The second kappa shape index (κ2) is 3.88. The third-order valence-corrected chi connectivity index (χ3v) is 4.46. The molecule has 1 aliphatic rings. The standard InChI is InChI=1S/C11H22O6/c1-8(6-13)10(3,15)11(4,16)9(2,14)7(5-12)17-8/h7,12-16H,5-6H2,1-4H3. The van der Waals surface area contributed by atoms with Crippen LogP contribution in [0.5, 0.6) is 0 Å². The van der Waals surface area contributed by atoms with E-state index in [-0.39, 0.29) is 0 Å². The molecule has 5 atom stereocenters. The Balaban J connectivity index is 3.34. The molecule has 1 aliphatic heterocycles. The maximum atomic E-state index is 10.4. The van der Waals surface area contributed by atoms with Gasteiger partial charge in [-0.3, -0.25) is 0 Å². The fraction of sp³-hybridized carbons (Fsp3) is 1.00. The largest absolute Gasteiger partial charge is 0.394 e. The molecule has 0 bridgehead atoms. The third-order valence-electron chi connectivity index (χ3n) is 4.46. The molecule has 0 radical (unpaired) electrons. The highest BCUT2D eigenvalue weighted by atomic mass is 16.6. The highest BCUT2D eigenvalue weighted by molar-refractivity contribution is 5.19. The second-order valence-electron chi connectivity index (χ2n) is 5.47. The van der Waals surface area contributed by atoms with Crippen molar-refractivity contribution in [1.82, 2.24) is 0 Å². The number of hydrogen-bond acceptors (Lipinski definition) is 6. The Hall–Kier alpha value is -0.240. The SMILES string of the molecule is CC1(CO)OC(CO)C(C)(O)C(C)(O)C1(C)O. The molecule has 0 saturated carbocycles. The van der Waals surface area contributed by atoms with Crippen LogP contribution in [-0.2, 0) is 4.74 Å². The van der Waals surface area contributed by atoms with Crippen molar-refractivity contribution < 1.29 is 30.3 Å². The van der Waals surface area contributed by atoms with Crippen molar-refractivity contribution in [3.63, 3.8) is 0 Å². The minimum atomic E-state index is -1.96. The monoisotopic (exact) mass is 250 g/mol. The Morgan fingerprint density at radius 3 is 1.76 bits per heavy atom. The van der Waals surface area contributed by atoms with Crippen LogP contribution in [0.1, 0.15) is 27.7 Å². The number of aliphatic hydroxyl groups is 5. The molecule has 1 heterocycles. The van der Waals surface area contributed by atoms with Gasteiger partial charge < -0.3 is 30.3 Å². The minimum Gasteiger partial charge on any atom is -0.394 e. The molecule has 0 aromatic carbocycles. The maximum absolute atomic E-state index is 10.4. The summed E-state index contributed by atoms with van der Waals surface area (Å²) < 4.78 is 5.38. The first-order valence-electron chi connectivity index (χ1n) is 5.54. The summed E-state index contributed by atoms with van der Waals surface area (Å²) in [7, 11) is 0. The molecule has 6 nitrogen and oxygen atoms in total. The summed E-state index contributed by atoms with van der Waals surface area (Å²) in [6, 6.07) is 0. The van der Waals surface area contributed by atoms with Crippen LogP contribution in [0.15, 0.2) is 0 Å². The Labute approximate surface area is 100 Å². The fourth-order valence-electron chi connectivity index (χ4n) is 2.27. The molecule has 1 saturated heterocycles. The van der Waals surface area contributed by atoms with Crippen molar-refractivity contribution in [1.29, 1.82) is 0 Å². The quantitative estimate of drug-likeness (QED) is 0.403. The number of ether oxygens (including phenoxy) is 1. The van der Waals surface area contributed by atoms with Crippen molar-refractivity contribution >= 4 is 0 Å². The van der Waals surface area contributed by atoms with Crippen LogP contribution in [0.3, 0.4) is 0 Å². The lowest BCUT2D eigenvalue weighted by molar-refractivity contribution is -0.377. The molecule has 0 amide bonds. The molecular weight excluding hydrogens is 228 g/mol. The summed E-state index contributed by atoms with van der Waals surface area (Å²) in [5.74, 6) is 0. The van der Waals surface area contributed by atoms with Gasteiger partial charge in [-0.15, -0.1) is 0 Å². The van der Waals surface area contributed by atoms with Crippen LogP contribution in [0.25, 0.3) is 0 Å². The van der Waals surface area contributed by atoms with Crippen molar-refractivity contribution in [2.75, 3.05) is 13.2 Å². The van der Waals surface area contributed by atoms with Gasteiger partial charge in [0.1, 0.15) is 28.5 Å². The predicted molar refractivity (Wildman–Crippen MR) is 59.3 cm³/mol. The summed E-state index contributed by atoms with van der Waals surface area (Å²) in [6.07, 6.45) is -1.10. The van der Waals surface area contributed by atoms with E-state index in [9.17, 15) is 25.5 Å². The first-order chi connectivity index (χ1) is 7.48. The average Bonchev–Trinajstić information content (AvgIpc) is 2.22. The number of hydrogen-bond donors (Lipinski definition) is 5. The van der Waals surface area contributed by atoms with E-state index in [0.29, 0.717) is 0 Å². The van der Waals surface area contributed by atoms with E-state index in [1.54, 1.807) is 0 Å². The van der Waals surface area contributed by atoms with E-state index in [1.165, 1.54) is 27.7 Å². The Morgan fingerprint density at radius 1 is 0.941 bits per heavy atom. The van der Waals surface area contributed by atoms with Crippen molar-refractivity contribution in [2.45, 2.75) is 56.2 Å². The van der Waals surface area contributed by atoms with Gasteiger partial charge in [-0.05, 0) is 27.7 Å². The van der Waals surface area contributed by atoms with Crippen molar-refractivity contribution in [3.05, 3.63) is 0 Å². The van der Waals surface area contributed by atoms with Gasteiger partial charge in [0.15, 0.2) is 0 Å². The lowest BCUT2D eigenvalue weighted by Gasteiger charge is -2.61. The second-order valence-corrected chi connectivity index (χ2v) is 5.47. The summed E-state index contributed by atoms with van der Waals surface area (Å²) in [5.41, 5.74) is -7.17. The van der Waals surface area contributed by atoms with E-state index in [1.807, 2.05) is 0 Å². The molecule has 0 aromatic heterocycles. The first-order valence-corrected chi connectivity index (χ1v) is 5.54. The zero-order valence-corrected chi connectivity index (χ0v) is 10.6. The van der Waals surface area contributed by atoms with Gasteiger partial charge in [-0.25, -0.2) is 0 Å². The van der Waals surface area contributed by atoms with E-state index >= 15 is 0 Å². The van der Waals surface area contributed by atoms with Crippen molar-refractivity contribution in [2.24, 2.45) is 0 Å². The van der Waals surface area contributed by atoms with Crippen LogP contribution in [0, 0.1) is 0 Å². The highest BCUT2D eigenvalue weighted by Crippen LogP contribution is 2.48. The normalized spacial score (nSPS) is 55.9. The summed E-state index contributed by atoms with van der Waals surface area (Å²) in [5, 5.41) is 49.6. The maximum Gasteiger partial charge on any atom is 0.124 e. The van der Waals surface area contributed by atoms with Gasteiger partial charge in [0.25, 0.3) is 0 Å². The van der Waals surface area contributed by atoms with Crippen molar-refractivity contribution in [3.8, 4) is 0 Å². The predicted octanol–water partition coefficient (Wildman–Crippen LogP) is -1.62. The highest BCUT2D eigenvalue weighted by Gasteiger charge is 2.69. The zero-order chi connectivity index (χ0) is 13.7. The molecule has 0 aromatic rings.